The van der Waals surface area contributed by atoms with Crippen molar-refractivity contribution >= 4 is 18.0 Å². The summed E-state index contributed by atoms with van der Waals surface area (Å²) >= 11 is 0. The molecule has 1 fully saturated rings. The van der Waals surface area contributed by atoms with E-state index in [-0.39, 0.29) is 13.0 Å². The minimum absolute atomic E-state index is 0.0197. The number of carbonyl (C=O) groups excluding carboxylic acids is 2. The van der Waals surface area contributed by atoms with Crippen LogP contribution in [0.3, 0.4) is 0 Å². The molecule has 0 bridgehead atoms. The van der Waals surface area contributed by atoms with Crippen molar-refractivity contribution in [3.05, 3.63) is 35.9 Å². The maximum atomic E-state index is 12.0. The predicted molar refractivity (Wildman–Crippen MR) is 93.6 cm³/mol. The number of carboxylic acid groups (broad SMARTS) is 1. The number of nitrogens with one attached hydrogen (secondary N) is 1. The molecule has 1 aromatic rings. The van der Waals surface area contributed by atoms with Crippen molar-refractivity contribution in [2.45, 2.75) is 51.7 Å². The molecule has 1 aliphatic carbocycles. The van der Waals surface area contributed by atoms with Gasteiger partial charge in [-0.3, -0.25) is 4.79 Å². The second-order valence-electron chi connectivity index (χ2n) is 6.73. The summed E-state index contributed by atoms with van der Waals surface area (Å²) in [5.41, 5.74) is -0.0708. The highest BCUT2D eigenvalue weighted by Crippen LogP contribution is 2.38. The Labute approximate surface area is 152 Å². The summed E-state index contributed by atoms with van der Waals surface area (Å²) in [5, 5.41) is 11.8. The van der Waals surface area contributed by atoms with Crippen molar-refractivity contribution in [3.8, 4) is 0 Å². The molecule has 26 heavy (non-hydrogen) atoms. The molecule has 142 valence electrons. The SMILES string of the molecule is CC(OC(=O)NCC1(CC(=O)O)CCCCC1)OC(=O)c1ccccc1. The number of ether oxygens (including phenoxy) is 2. The van der Waals surface area contributed by atoms with Gasteiger partial charge in [0, 0.05) is 13.5 Å². The van der Waals surface area contributed by atoms with Crippen molar-refractivity contribution in [2.24, 2.45) is 5.41 Å². The van der Waals surface area contributed by atoms with Gasteiger partial charge in [0.1, 0.15) is 0 Å². The number of amides is 1. The van der Waals surface area contributed by atoms with Gasteiger partial charge in [0.2, 0.25) is 6.29 Å². The first-order valence-corrected chi connectivity index (χ1v) is 8.82. The third-order valence-electron chi connectivity index (χ3n) is 4.60. The summed E-state index contributed by atoms with van der Waals surface area (Å²) in [6, 6.07) is 8.41. The lowest BCUT2D eigenvalue weighted by atomic mass is 9.72. The van der Waals surface area contributed by atoms with Gasteiger partial charge in [0.15, 0.2) is 0 Å². The minimum Gasteiger partial charge on any atom is -0.481 e. The van der Waals surface area contributed by atoms with E-state index in [0.29, 0.717) is 5.56 Å². The number of alkyl carbamates (subject to hydrolysis) is 1. The maximum Gasteiger partial charge on any atom is 0.410 e. The zero-order valence-electron chi connectivity index (χ0n) is 14.9. The Balaban J connectivity index is 1.81. The van der Waals surface area contributed by atoms with Crippen LogP contribution in [-0.2, 0) is 14.3 Å². The number of hydrogen-bond acceptors (Lipinski definition) is 5. The average Bonchev–Trinajstić information content (AvgIpc) is 2.61. The van der Waals surface area contributed by atoms with Crippen molar-refractivity contribution in [3.63, 3.8) is 0 Å². The molecule has 0 radical (unpaired) electrons. The van der Waals surface area contributed by atoms with Crippen molar-refractivity contribution in [1.29, 1.82) is 0 Å². The normalized spacial score (nSPS) is 17.0. The van der Waals surface area contributed by atoms with Gasteiger partial charge >= 0.3 is 18.0 Å². The smallest absolute Gasteiger partial charge is 0.410 e. The second kappa shape index (κ2) is 9.22. The molecule has 1 aliphatic rings. The number of benzene rings is 1. The Morgan fingerprint density at radius 2 is 1.77 bits per heavy atom. The quantitative estimate of drug-likeness (QED) is 0.569. The second-order valence-corrected chi connectivity index (χ2v) is 6.73. The lowest BCUT2D eigenvalue weighted by Gasteiger charge is -2.36. The highest BCUT2D eigenvalue weighted by Gasteiger charge is 2.35. The van der Waals surface area contributed by atoms with E-state index in [0.717, 1.165) is 32.1 Å². The monoisotopic (exact) mass is 363 g/mol. The van der Waals surface area contributed by atoms with E-state index < -0.39 is 29.7 Å². The third kappa shape index (κ3) is 6.06. The molecular formula is C19H25NO6. The molecule has 0 aromatic heterocycles. The highest BCUT2D eigenvalue weighted by atomic mass is 16.7. The van der Waals surface area contributed by atoms with Gasteiger partial charge in [-0.1, -0.05) is 37.5 Å². The highest BCUT2D eigenvalue weighted by molar-refractivity contribution is 5.89. The van der Waals surface area contributed by atoms with E-state index in [2.05, 4.69) is 5.32 Å². The fraction of sp³-hybridized carbons (Fsp3) is 0.526. The van der Waals surface area contributed by atoms with Crippen LogP contribution in [0.1, 0.15) is 55.8 Å². The molecule has 0 aliphatic heterocycles. The number of hydrogen-bond donors (Lipinski definition) is 2. The Morgan fingerprint density at radius 1 is 1.12 bits per heavy atom. The first kappa shape index (κ1) is 19.8. The van der Waals surface area contributed by atoms with Gasteiger partial charge < -0.3 is 19.9 Å². The first-order valence-electron chi connectivity index (χ1n) is 8.82. The van der Waals surface area contributed by atoms with Crippen LogP contribution in [0.15, 0.2) is 30.3 Å². The van der Waals surface area contributed by atoms with Crippen LogP contribution in [0.25, 0.3) is 0 Å². The van der Waals surface area contributed by atoms with E-state index in [1.807, 2.05) is 0 Å². The Morgan fingerprint density at radius 3 is 2.38 bits per heavy atom. The summed E-state index contributed by atoms with van der Waals surface area (Å²) in [4.78, 5) is 35.0. The van der Waals surface area contributed by atoms with Crippen LogP contribution < -0.4 is 5.32 Å². The van der Waals surface area contributed by atoms with Crippen LogP contribution in [0.2, 0.25) is 0 Å². The molecule has 7 nitrogen and oxygen atoms in total. The van der Waals surface area contributed by atoms with Gasteiger partial charge in [-0.2, -0.15) is 0 Å². The fourth-order valence-corrected chi connectivity index (χ4v) is 3.31. The Kier molecular flexibility index (Phi) is 7.00. The lowest BCUT2D eigenvalue weighted by molar-refractivity contribution is -0.140. The van der Waals surface area contributed by atoms with Gasteiger partial charge in [-0.05, 0) is 30.4 Å². The summed E-state index contributed by atoms with van der Waals surface area (Å²) < 4.78 is 10.1. The number of rotatable bonds is 7. The maximum absolute atomic E-state index is 12.0. The van der Waals surface area contributed by atoms with E-state index in [9.17, 15) is 14.4 Å². The summed E-state index contributed by atoms with van der Waals surface area (Å²) in [6.45, 7) is 1.69. The van der Waals surface area contributed by atoms with E-state index in [4.69, 9.17) is 14.6 Å². The lowest BCUT2D eigenvalue weighted by Crippen LogP contribution is -2.41. The molecule has 1 amide bonds. The molecule has 1 aromatic carbocycles. The Hall–Kier alpha value is -2.57. The van der Waals surface area contributed by atoms with Crippen LogP contribution in [0.4, 0.5) is 4.79 Å². The third-order valence-corrected chi connectivity index (χ3v) is 4.60. The summed E-state index contributed by atoms with van der Waals surface area (Å²) in [6.07, 6.45) is 2.75. The predicted octanol–water partition coefficient (Wildman–Crippen LogP) is 3.34. The molecule has 1 saturated carbocycles. The fourth-order valence-electron chi connectivity index (χ4n) is 3.31. The van der Waals surface area contributed by atoms with Crippen LogP contribution in [0, 0.1) is 5.41 Å². The first-order chi connectivity index (χ1) is 12.4. The molecule has 2 rings (SSSR count). The van der Waals surface area contributed by atoms with Crippen LogP contribution in [-0.4, -0.2) is 36.0 Å². The van der Waals surface area contributed by atoms with Crippen molar-refractivity contribution < 1.29 is 29.0 Å². The summed E-state index contributed by atoms with van der Waals surface area (Å²) in [7, 11) is 0. The van der Waals surface area contributed by atoms with Gasteiger partial charge in [-0.15, -0.1) is 0 Å². The average molecular weight is 363 g/mol. The molecule has 1 atom stereocenters. The topological polar surface area (TPSA) is 102 Å². The molecule has 7 heteroatoms. The number of carbonyl (C=O) groups is 3. The van der Waals surface area contributed by atoms with Gasteiger partial charge in [0.25, 0.3) is 0 Å². The molecule has 2 N–H and O–H groups in total. The molecule has 0 spiro atoms. The molecule has 0 saturated heterocycles. The van der Waals surface area contributed by atoms with Gasteiger partial charge in [0.05, 0.1) is 12.0 Å². The van der Waals surface area contributed by atoms with Gasteiger partial charge in [-0.25, -0.2) is 9.59 Å². The zero-order valence-corrected chi connectivity index (χ0v) is 14.9. The number of carboxylic acids is 1. The van der Waals surface area contributed by atoms with E-state index in [1.54, 1.807) is 30.3 Å². The van der Waals surface area contributed by atoms with Crippen molar-refractivity contribution in [1.82, 2.24) is 5.32 Å². The van der Waals surface area contributed by atoms with Crippen LogP contribution in [0.5, 0.6) is 0 Å². The minimum atomic E-state index is -1.05. The number of aliphatic carboxylic acids is 1. The molecular weight excluding hydrogens is 338 g/mol. The van der Waals surface area contributed by atoms with Crippen LogP contribution >= 0.6 is 0 Å². The Bertz CT molecular complexity index is 624. The molecule has 1 unspecified atom stereocenters. The standard InChI is InChI=1S/C19H25NO6/c1-14(25-17(23)15-8-4-2-5-9-15)26-18(24)20-13-19(12-16(21)22)10-6-3-7-11-19/h2,4-5,8-9,14H,3,6-7,10-13H2,1H3,(H,20,24)(H,21,22). The van der Waals surface area contributed by atoms with E-state index in [1.165, 1.54) is 6.92 Å². The molecule has 0 heterocycles. The zero-order chi connectivity index (χ0) is 19.0. The largest absolute Gasteiger partial charge is 0.481 e. The van der Waals surface area contributed by atoms with Crippen molar-refractivity contribution in [2.75, 3.05) is 6.54 Å². The summed E-state index contributed by atoms with van der Waals surface area (Å²) in [5.74, 6) is -1.45. The number of esters is 1. The van der Waals surface area contributed by atoms with E-state index >= 15 is 0 Å².